The van der Waals surface area contributed by atoms with E-state index in [1.165, 1.54) is 0 Å². The Morgan fingerprint density at radius 3 is 1.98 bits per heavy atom. The number of hydrogen-bond donors (Lipinski definition) is 10. The summed E-state index contributed by atoms with van der Waals surface area (Å²) < 4.78 is 0. The Morgan fingerprint density at radius 2 is 1.39 bits per heavy atom. The number of carbonyl (C=O) groups excluding carboxylic acids is 6. The summed E-state index contributed by atoms with van der Waals surface area (Å²) in [6.45, 7) is -0.314. The second-order valence-electron chi connectivity index (χ2n) is 9.20. The van der Waals surface area contributed by atoms with Crippen LogP contribution in [0.15, 0.2) is 30.5 Å². The molecule has 0 saturated heterocycles. The number of amides is 7. The molecule has 4 atom stereocenters. The molecule has 0 aliphatic heterocycles. The smallest absolute Gasteiger partial charge is 0.312 e. The zero-order valence-electron chi connectivity index (χ0n) is 22.4. The van der Waals surface area contributed by atoms with Crippen LogP contribution in [-0.4, -0.2) is 94.7 Å². The number of urea groups is 1. The number of aliphatic hydroxyl groups is 2. The molecule has 1 aromatic carbocycles. The van der Waals surface area contributed by atoms with Crippen LogP contribution in [0.1, 0.15) is 25.3 Å². The average molecular weight is 577 g/mol. The molecule has 0 fully saturated rings. The lowest BCUT2D eigenvalue weighted by Gasteiger charge is -2.25. The molecule has 12 N–H and O–H groups in total. The maximum absolute atomic E-state index is 13.3. The number of nitrogens with one attached hydrogen (secondary N) is 6. The van der Waals surface area contributed by atoms with E-state index in [4.69, 9.17) is 11.5 Å². The van der Waals surface area contributed by atoms with Crippen LogP contribution in [0.5, 0.6) is 0 Å². The topological polar surface area (TPSA) is 271 Å². The zero-order valence-corrected chi connectivity index (χ0v) is 22.4. The fourth-order valence-electron chi connectivity index (χ4n) is 3.98. The molecule has 0 aliphatic carbocycles. The highest BCUT2D eigenvalue weighted by atomic mass is 16.3. The molecule has 41 heavy (non-hydrogen) atoms. The Kier molecular flexibility index (Phi) is 12.5. The first-order valence-corrected chi connectivity index (χ1v) is 12.7. The Labute approximate surface area is 235 Å². The van der Waals surface area contributed by atoms with Crippen LogP contribution in [0.2, 0.25) is 0 Å². The van der Waals surface area contributed by atoms with Crippen molar-refractivity contribution in [3.63, 3.8) is 0 Å². The van der Waals surface area contributed by atoms with Crippen molar-refractivity contribution >= 4 is 46.5 Å². The summed E-state index contributed by atoms with van der Waals surface area (Å²) in [5, 5.41) is 31.9. The molecular formula is C25H36N8O8. The third kappa shape index (κ3) is 10.1. The van der Waals surface area contributed by atoms with E-state index in [1.54, 1.807) is 18.3 Å². The number of fused-ring (bicyclic) bond motifs is 1. The van der Waals surface area contributed by atoms with Crippen molar-refractivity contribution < 1.29 is 39.0 Å². The van der Waals surface area contributed by atoms with E-state index < -0.39 is 72.9 Å². The third-order valence-electron chi connectivity index (χ3n) is 6.05. The van der Waals surface area contributed by atoms with Gasteiger partial charge in [0.1, 0.15) is 24.2 Å². The third-order valence-corrected chi connectivity index (χ3v) is 6.05. The Hall–Kier alpha value is -4.70. The van der Waals surface area contributed by atoms with Crippen LogP contribution in [0.3, 0.4) is 0 Å². The number of carbonyl (C=O) groups is 6. The zero-order chi connectivity index (χ0) is 30.5. The van der Waals surface area contributed by atoms with E-state index >= 15 is 0 Å². The lowest BCUT2D eigenvalue weighted by Crippen LogP contribution is -2.59. The minimum Gasteiger partial charge on any atom is -0.394 e. The minimum atomic E-state index is -1.53. The van der Waals surface area contributed by atoms with Gasteiger partial charge in [0.15, 0.2) is 0 Å². The van der Waals surface area contributed by atoms with E-state index in [-0.39, 0.29) is 25.8 Å². The van der Waals surface area contributed by atoms with Crippen LogP contribution < -0.4 is 38.1 Å². The van der Waals surface area contributed by atoms with E-state index in [2.05, 4.69) is 31.6 Å². The lowest BCUT2D eigenvalue weighted by atomic mass is 10.0. The second kappa shape index (κ2) is 15.8. The molecule has 2 rings (SSSR count). The first kappa shape index (κ1) is 32.5. The summed E-state index contributed by atoms with van der Waals surface area (Å²) >= 11 is 0. The molecule has 7 amide bonds. The molecule has 224 valence electrons. The van der Waals surface area contributed by atoms with Gasteiger partial charge in [-0.2, -0.15) is 0 Å². The number of hydrogen-bond acceptors (Lipinski definition) is 8. The van der Waals surface area contributed by atoms with Crippen LogP contribution in [0.4, 0.5) is 4.79 Å². The summed E-state index contributed by atoms with van der Waals surface area (Å²) in [6.07, 6.45) is 1.87. The van der Waals surface area contributed by atoms with Gasteiger partial charge in [-0.1, -0.05) is 18.2 Å². The van der Waals surface area contributed by atoms with Crippen LogP contribution in [0, 0.1) is 0 Å². The number of H-pyrrole nitrogens is 1. The van der Waals surface area contributed by atoms with E-state index in [9.17, 15) is 39.0 Å². The maximum Gasteiger partial charge on any atom is 0.312 e. The Morgan fingerprint density at radius 1 is 0.829 bits per heavy atom. The molecule has 0 spiro atoms. The van der Waals surface area contributed by atoms with Crippen molar-refractivity contribution in [2.24, 2.45) is 11.5 Å². The van der Waals surface area contributed by atoms with Crippen LogP contribution in [-0.2, 0) is 30.4 Å². The number of aliphatic hydroxyl groups excluding tert-OH is 2. The minimum absolute atomic E-state index is 0.0401. The molecule has 0 saturated carbocycles. The van der Waals surface area contributed by atoms with Crippen molar-refractivity contribution in [2.45, 2.75) is 50.4 Å². The molecule has 16 heteroatoms. The lowest BCUT2D eigenvalue weighted by molar-refractivity contribution is -0.135. The monoisotopic (exact) mass is 576 g/mol. The van der Waals surface area contributed by atoms with Gasteiger partial charge < -0.3 is 53.2 Å². The Balaban J connectivity index is 2.20. The molecule has 1 aromatic heterocycles. The summed E-state index contributed by atoms with van der Waals surface area (Å²) in [7, 11) is 0. The first-order valence-electron chi connectivity index (χ1n) is 12.7. The van der Waals surface area contributed by atoms with Gasteiger partial charge in [0.05, 0.1) is 13.2 Å². The first-order chi connectivity index (χ1) is 19.5. The summed E-state index contributed by atoms with van der Waals surface area (Å²) in [4.78, 5) is 76.1. The fraction of sp³-hybridized carbons (Fsp3) is 0.440. The molecule has 16 nitrogen and oxygen atoms in total. The number of benzene rings is 1. The van der Waals surface area contributed by atoms with Crippen molar-refractivity contribution in [3.8, 4) is 0 Å². The standard InChI is InChI=1S/C25H36N8O8/c1-13(36)30-19(11-34)23(39)32-18(9-14-10-29-16-6-3-2-5-15(14)16)22(38)33-20(12-35)24(40)31-17(21(26)37)7-4-8-28-25(27)41/h2-3,5-6,10,17-20,29,34-35H,4,7-9,11-12H2,1H3,(H2,26,37)(H,30,36)(H,31,40)(H,32,39)(H,33,38)(H3,27,28,41)/t17-,18-,19-,20+/m0/s1. The normalized spacial score (nSPS) is 13.7. The van der Waals surface area contributed by atoms with E-state index in [1.807, 2.05) is 12.1 Å². The van der Waals surface area contributed by atoms with E-state index in [0.29, 0.717) is 5.56 Å². The van der Waals surface area contributed by atoms with Crippen molar-refractivity contribution in [2.75, 3.05) is 19.8 Å². The number of aromatic amines is 1. The number of para-hydroxylation sites is 1. The molecule has 1 heterocycles. The number of aromatic nitrogens is 1. The average Bonchev–Trinajstić information content (AvgIpc) is 3.33. The van der Waals surface area contributed by atoms with Gasteiger partial charge in [0, 0.05) is 37.0 Å². The van der Waals surface area contributed by atoms with E-state index in [0.717, 1.165) is 17.8 Å². The summed E-state index contributed by atoms with van der Waals surface area (Å²) in [5.74, 6) is -4.10. The molecule has 0 radical (unpaired) electrons. The Bertz CT molecular complexity index is 1250. The largest absolute Gasteiger partial charge is 0.394 e. The predicted octanol–water partition coefficient (Wildman–Crippen LogP) is -3.41. The van der Waals surface area contributed by atoms with Gasteiger partial charge >= 0.3 is 6.03 Å². The van der Waals surface area contributed by atoms with Crippen molar-refractivity contribution in [1.29, 1.82) is 0 Å². The number of nitrogens with two attached hydrogens (primary N) is 2. The van der Waals surface area contributed by atoms with Gasteiger partial charge in [0.25, 0.3) is 0 Å². The molecule has 2 aromatic rings. The second-order valence-corrected chi connectivity index (χ2v) is 9.20. The molecular weight excluding hydrogens is 540 g/mol. The summed E-state index contributed by atoms with van der Waals surface area (Å²) in [5.41, 5.74) is 11.8. The highest BCUT2D eigenvalue weighted by Gasteiger charge is 2.31. The predicted molar refractivity (Wildman–Crippen MR) is 146 cm³/mol. The van der Waals surface area contributed by atoms with Gasteiger partial charge in [-0.05, 0) is 24.5 Å². The SMILES string of the molecule is CC(=O)N[C@@H](CO)C(=O)N[C@@H](Cc1c[nH]c2ccccc12)C(=O)N[C@H](CO)C(=O)N[C@@H](CCCNC(N)=O)C(N)=O. The van der Waals surface area contributed by atoms with Gasteiger partial charge in [-0.25, -0.2) is 4.79 Å². The number of rotatable bonds is 16. The molecule has 0 bridgehead atoms. The van der Waals surface area contributed by atoms with Crippen molar-refractivity contribution in [3.05, 3.63) is 36.0 Å². The maximum atomic E-state index is 13.3. The quantitative estimate of drug-likeness (QED) is 0.0897. The highest BCUT2D eigenvalue weighted by molar-refractivity contribution is 5.96. The molecule has 0 aliphatic rings. The summed E-state index contributed by atoms with van der Waals surface area (Å²) in [6, 6.07) is 1.11. The van der Waals surface area contributed by atoms with Gasteiger partial charge in [-0.3, -0.25) is 24.0 Å². The highest BCUT2D eigenvalue weighted by Crippen LogP contribution is 2.19. The molecule has 0 unspecified atom stereocenters. The van der Waals surface area contributed by atoms with Crippen molar-refractivity contribution in [1.82, 2.24) is 31.6 Å². The van der Waals surface area contributed by atoms with Gasteiger partial charge in [-0.15, -0.1) is 0 Å². The fourth-order valence-corrected chi connectivity index (χ4v) is 3.98. The van der Waals surface area contributed by atoms with Gasteiger partial charge in [0.2, 0.25) is 29.5 Å². The van der Waals surface area contributed by atoms with Crippen LogP contribution in [0.25, 0.3) is 10.9 Å². The number of primary amides is 2. The van der Waals surface area contributed by atoms with Crippen LogP contribution >= 0.6 is 0 Å².